The molecule has 0 spiro atoms. The van der Waals surface area contributed by atoms with Crippen molar-refractivity contribution in [1.82, 2.24) is 4.57 Å². The number of thioether (sulfide) groups is 1. The number of nitro groups is 1. The Hall–Kier alpha value is -2.61. The predicted molar refractivity (Wildman–Crippen MR) is 94.0 cm³/mol. The van der Waals surface area contributed by atoms with E-state index in [1.54, 1.807) is 24.3 Å². The largest absolute Gasteiger partial charge is 0.457 e. The molecule has 0 aliphatic heterocycles. The fraction of sp³-hybridized carbons (Fsp3) is 0.294. The van der Waals surface area contributed by atoms with Crippen molar-refractivity contribution in [3.63, 3.8) is 0 Å². The number of aryl methyl sites for hydroxylation is 1. The molecule has 2 rings (SSSR count). The van der Waals surface area contributed by atoms with Crippen LogP contribution in [0.1, 0.15) is 21.7 Å². The van der Waals surface area contributed by atoms with Crippen LogP contribution in [0.25, 0.3) is 0 Å². The Morgan fingerprint density at radius 3 is 2.56 bits per heavy atom. The molecule has 0 amide bonds. The Morgan fingerprint density at radius 1 is 1.28 bits per heavy atom. The van der Waals surface area contributed by atoms with Gasteiger partial charge in [-0.05, 0) is 26.0 Å². The number of benzene rings is 1. The van der Waals surface area contributed by atoms with E-state index in [-0.39, 0.29) is 23.8 Å². The number of nitrogens with zero attached hydrogens (tertiary/aromatic N) is 2. The van der Waals surface area contributed by atoms with Crippen LogP contribution in [0.5, 0.6) is 0 Å². The average molecular weight is 362 g/mol. The number of aromatic nitrogens is 1. The van der Waals surface area contributed by atoms with Gasteiger partial charge in [-0.3, -0.25) is 19.7 Å². The smallest absolute Gasteiger partial charge is 0.316 e. The van der Waals surface area contributed by atoms with Crippen molar-refractivity contribution in [2.24, 2.45) is 7.05 Å². The monoisotopic (exact) mass is 362 g/mol. The van der Waals surface area contributed by atoms with Crippen molar-refractivity contribution >= 4 is 29.2 Å². The van der Waals surface area contributed by atoms with Gasteiger partial charge >= 0.3 is 5.97 Å². The number of Topliss-reactive ketones (excluding diaryl/α,β-unsaturated/α-hetero) is 1. The second-order valence-corrected chi connectivity index (χ2v) is 6.46. The van der Waals surface area contributed by atoms with Gasteiger partial charge in [0, 0.05) is 30.1 Å². The highest BCUT2D eigenvalue weighted by molar-refractivity contribution is 8.00. The fourth-order valence-electron chi connectivity index (χ4n) is 2.27. The molecule has 0 aliphatic rings. The van der Waals surface area contributed by atoms with Gasteiger partial charge in [-0.25, -0.2) is 0 Å². The minimum atomic E-state index is -0.596. The molecule has 0 bridgehead atoms. The molecule has 0 radical (unpaired) electrons. The zero-order valence-corrected chi connectivity index (χ0v) is 15.0. The first-order chi connectivity index (χ1) is 11.8. The van der Waals surface area contributed by atoms with E-state index in [0.717, 1.165) is 23.1 Å². The summed E-state index contributed by atoms with van der Waals surface area (Å²) >= 11 is 1.01. The molecular weight excluding hydrogens is 344 g/mol. The van der Waals surface area contributed by atoms with Crippen LogP contribution >= 0.6 is 11.8 Å². The van der Waals surface area contributed by atoms with Gasteiger partial charge in [-0.1, -0.05) is 12.1 Å². The standard InChI is InChI=1S/C17H18N2O5S/c1-11-8-13(12(2)18(11)3)15(20)9-24-17(21)10-25-16-7-5-4-6-14(16)19(22)23/h4-8H,9-10H2,1-3H3. The Balaban J connectivity index is 1.90. The average Bonchev–Trinajstić information content (AvgIpc) is 2.85. The number of esters is 1. The normalized spacial score (nSPS) is 10.5. The highest BCUT2D eigenvalue weighted by Gasteiger charge is 2.18. The van der Waals surface area contributed by atoms with E-state index in [9.17, 15) is 19.7 Å². The molecule has 0 atom stereocenters. The summed E-state index contributed by atoms with van der Waals surface area (Å²) in [6, 6.07) is 7.91. The summed E-state index contributed by atoms with van der Waals surface area (Å²) in [5.74, 6) is -0.975. The molecule has 8 heteroatoms. The second-order valence-electron chi connectivity index (χ2n) is 5.44. The minimum absolute atomic E-state index is 0.0632. The third-order valence-electron chi connectivity index (χ3n) is 3.85. The van der Waals surface area contributed by atoms with Crippen LogP contribution in [0.3, 0.4) is 0 Å². The van der Waals surface area contributed by atoms with Crippen molar-refractivity contribution in [2.75, 3.05) is 12.4 Å². The lowest BCUT2D eigenvalue weighted by atomic mass is 10.1. The van der Waals surface area contributed by atoms with Crippen LogP contribution in [0.2, 0.25) is 0 Å². The molecule has 0 saturated carbocycles. The van der Waals surface area contributed by atoms with E-state index >= 15 is 0 Å². The summed E-state index contributed by atoms with van der Waals surface area (Å²) in [5, 5.41) is 10.9. The van der Waals surface area contributed by atoms with Crippen LogP contribution in [0.15, 0.2) is 35.2 Å². The maximum absolute atomic E-state index is 12.2. The Kier molecular flexibility index (Phi) is 5.97. The summed E-state index contributed by atoms with van der Waals surface area (Å²) in [6.45, 7) is 3.37. The van der Waals surface area contributed by atoms with Crippen LogP contribution in [0.4, 0.5) is 5.69 Å². The number of nitro benzene ring substituents is 1. The number of carbonyl (C=O) groups excluding carboxylic acids is 2. The molecule has 2 aromatic rings. The van der Waals surface area contributed by atoms with Crippen LogP contribution < -0.4 is 0 Å². The third kappa shape index (κ3) is 4.48. The van der Waals surface area contributed by atoms with E-state index < -0.39 is 10.9 Å². The maximum Gasteiger partial charge on any atom is 0.316 e. The van der Waals surface area contributed by atoms with E-state index in [4.69, 9.17) is 4.74 Å². The molecular formula is C17H18N2O5S. The zero-order chi connectivity index (χ0) is 18.6. The van der Waals surface area contributed by atoms with Crippen molar-refractivity contribution in [2.45, 2.75) is 18.7 Å². The first kappa shape index (κ1) is 18.7. The molecule has 25 heavy (non-hydrogen) atoms. The minimum Gasteiger partial charge on any atom is -0.457 e. The molecule has 0 saturated heterocycles. The maximum atomic E-state index is 12.2. The molecule has 0 N–H and O–H groups in total. The van der Waals surface area contributed by atoms with Crippen LogP contribution in [0, 0.1) is 24.0 Å². The Bertz CT molecular complexity index is 828. The summed E-state index contributed by atoms with van der Waals surface area (Å²) in [6.07, 6.45) is 0. The zero-order valence-electron chi connectivity index (χ0n) is 14.1. The lowest BCUT2D eigenvalue weighted by Gasteiger charge is -2.05. The molecule has 7 nitrogen and oxygen atoms in total. The van der Waals surface area contributed by atoms with E-state index in [1.807, 2.05) is 25.5 Å². The number of rotatable bonds is 7. The van der Waals surface area contributed by atoms with Gasteiger partial charge in [-0.2, -0.15) is 0 Å². The second kappa shape index (κ2) is 7.98. The lowest BCUT2D eigenvalue weighted by Crippen LogP contribution is -2.16. The molecule has 132 valence electrons. The highest BCUT2D eigenvalue weighted by Crippen LogP contribution is 2.28. The highest BCUT2D eigenvalue weighted by atomic mass is 32.2. The summed E-state index contributed by atoms with van der Waals surface area (Å²) in [4.78, 5) is 34.8. The van der Waals surface area contributed by atoms with Gasteiger partial charge < -0.3 is 9.30 Å². The van der Waals surface area contributed by atoms with Crippen LogP contribution in [-0.2, 0) is 16.6 Å². The number of ketones is 1. The topological polar surface area (TPSA) is 91.4 Å². The van der Waals surface area contributed by atoms with Crippen molar-refractivity contribution in [3.8, 4) is 0 Å². The fourth-order valence-corrected chi connectivity index (χ4v) is 3.09. The Labute approximate surface area is 149 Å². The van der Waals surface area contributed by atoms with Gasteiger partial charge in [0.05, 0.1) is 15.6 Å². The summed E-state index contributed by atoms with van der Waals surface area (Å²) in [5.41, 5.74) is 2.22. The van der Waals surface area contributed by atoms with Gasteiger partial charge in [0.25, 0.3) is 5.69 Å². The number of para-hydroxylation sites is 1. The molecule has 0 fully saturated rings. The van der Waals surface area contributed by atoms with E-state index in [2.05, 4.69) is 0 Å². The number of ether oxygens (including phenoxy) is 1. The molecule has 1 aromatic heterocycles. The van der Waals surface area contributed by atoms with Gasteiger partial charge in [-0.15, -0.1) is 11.8 Å². The lowest BCUT2D eigenvalue weighted by molar-refractivity contribution is -0.387. The molecule has 0 unspecified atom stereocenters. The molecule has 1 aromatic carbocycles. The quantitative estimate of drug-likeness (QED) is 0.247. The number of hydrogen-bond donors (Lipinski definition) is 0. The summed E-state index contributed by atoms with van der Waals surface area (Å²) in [7, 11) is 1.86. The van der Waals surface area contributed by atoms with Gasteiger partial charge in [0.15, 0.2) is 6.61 Å². The SMILES string of the molecule is Cc1cc(C(=O)COC(=O)CSc2ccccc2[N+](=O)[O-])c(C)n1C. The van der Waals surface area contributed by atoms with E-state index in [0.29, 0.717) is 10.5 Å². The van der Waals surface area contributed by atoms with E-state index in [1.165, 1.54) is 6.07 Å². The Morgan fingerprint density at radius 2 is 1.96 bits per heavy atom. The molecule has 1 heterocycles. The van der Waals surface area contributed by atoms with Gasteiger partial charge in [0.1, 0.15) is 0 Å². The first-order valence-corrected chi connectivity index (χ1v) is 8.47. The predicted octanol–water partition coefficient (Wildman–Crippen LogP) is 3.07. The number of hydrogen-bond acceptors (Lipinski definition) is 6. The van der Waals surface area contributed by atoms with Crippen molar-refractivity contribution < 1.29 is 19.2 Å². The first-order valence-electron chi connectivity index (χ1n) is 7.49. The number of carbonyl (C=O) groups is 2. The van der Waals surface area contributed by atoms with Crippen molar-refractivity contribution in [3.05, 3.63) is 57.4 Å². The summed E-state index contributed by atoms with van der Waals surface area (Å²) < 4.78 is 6.88. The van der Waals surface area contributed by atoms with Gasteiger partial charge in [0.2, 0.25) is 5.78 Å². The van der Waals surface area contributed by atoms with Crippen molar-refractivity contribution in [1.29, 1.82) is 0 Å². The third-order valence-corrected chi connectivity index (χ3v) is 4.88. The molecule has 0 aliphatic carbocycles. The van der Waals surface area contributed by atoms with Crippen LogP contribution in [-0.4, -0.2) is 33.6 Å².